The van der Waals surface area contributed by atoms with Gasteiger partial charge in [-0.15, -0.1) is 0 Å². The SMILES string of the molecule is C[C@@H]1CCCCN1S(=O)(=O)c1ccc(C(=O)Nc2cccc(-c3nc4ccccc4o3)c2)cc1. The normalized spacial score (nSPS) is 17.0. The molecule has 1 amide bonds. The van der Waals surface area contributed by atoms with Gasteiger partial charge in [0, 0.05) is 29.4 Å². The molecule has 7 nitrogen and oxygen atoms in total. The van der Waals surface area contributed by atoms with E-state index >= 15 is 0 Å². The quantitative estimate of drug-likeness (QED) is 0.422. The molecule has 1 atom stereocenters. The van der Waals surface area contributed by atoms with Crippen LogP contribution in [0.2, 0.25) is 0 Å². The summed E-state index contributed by atoms with van der Waals surface area (Å²) in [4.78, 5) is 17.5. The first kappa shape index (κ1) is 22.3. The number of rotatable bonds is 5. The van der Waals surface area contributed by atoms with Gasteiger partial charge in [0.15, 0.2) is 5.58 Å². The molecular weight excluding hydrogens is 450 g/mol. The molecule has 8 heteroatoms. The van der Waals surface area contributed by atoms with Crippen LogP contribution in [0.3, 0.4) is 0 Å². The number of para-hydroxylation sites is 2. The fourth-order valence-electron chi connectivity index (χ4n) is 4.27. The summed E-state index contributed by atoms with van der Waals surface area (Å²) in [6.45, 7) is 2.47. The summed E-state index contributed by atoms with van der Waals surface area (Å²) in [5, 5.41) is 2.86. The van der Waals surface area contributed by atoms with E-state index in [4.69, 9.17) is 4.42 Å². The number of aromatic nitrogens is 1. The van der Waals surface area contributed by atoms with E-state index in [1.54, 1.807) is 28.6 Å². The lowest BCUT2D eigenvalue weighted by Gasteiger charge is -2.32. The van der Waals surface area contributed by atoms with E-state index in [2.05, 4.69) is 10.3 Å². The van der Waals surface area contributed by atoms with Gasteiger partial charge >= 0.3 is 0 Å². The maximum atomic E-state index is 13.0. The fraction of sp³-hybridized carbons (Fsp3) is 0.231. The molecular formula is C26H25N3O4S. The number of sulfonamides is 1. The van der Waals surface area contributed by atoms with E-state index in [0.29, 0.717) is 29.3 Å². The monoisotopic (exact) mass is 475 g/mol. The number of hydrogen-bond donors (Lipinski definition) is 1. The molecule has 0 saturated carbocycles. The van der Waals surface area contributed by atoms with E-state index in [1.807, 2.05) is 43.3 Å². The molecule has 4 aromatic rings. The van der Waals surface area contributed by atoms with Gasteiger partial charge in [-0.3, -0.25) is 4.79 Å². The highest BCUT2D eigenvalue weighted by Gasteiger charge is 2.30. The molecule has 174 valence electrons. The van der Waals surface area contributed by atoms with Crippen molar-refractivity contribution in [2.45, 2.75) is 37.1 Å². The summed E-state index contributed by atoms with van der Waals surface area (Å²) in [5.41, 5.74) is 3.16. The van der Waals surface area contributed by atoms with Gasteiger partial charge in [-0.25, -0.2) is 13.4 Å². The van der Waals surface area contributed by atoms with Gasteiger partial charge < -0.3 is 9.73 Å². The minimum absolute atomic E-state index is 0.0183. The Kier molecular flexibility index (Phi) is 5.93. The Bertz CT molecular complexity index is 1410. The van der Waals surface area contributed by atoms with Crippen LogP contribution >= 0.6 is 0 Å². The third kappa shape index (κ3) is 4.34. The number of nitrogens with one attached hydrogen (secondary N) is 1. The van der Waals surface area contributed by atoms with Gasteiger partial charge in [-0.2, -0.15) is 4.31 Å². The van der Waals surface area contributed by atoms with Crippen molar-refractivity contribution in [2.75, 3.05) is 11.9 Å². The molecule has 1 aliphatic heterocycles. The zero-order chi connectivity index (χ0) is 23.7. The average Bonchev–Trinajstić information content (AvgIpc) is 3.29. The molecule has 5 rings (SSSR count). The van der Waals surface area contributed by atoms with Gasteiger partial charge in [-0.1, -0.05) is 24.6 Å². The molecule has 1 N–H and O–H groups in total. The summed E-state index contributed by atoms with van der Waals surface area (Å²) in [5.74, 6) is 0.142. The van der Waals surface area contributed by atoms with Gasteiger partial charge in [0.25, 0.3) is 5.91 Å². The van der Waals surface area contributed by atoms with E-state index in [1.165, 1.54) is 12.1 Å². The molecule has 0 aliphatic carbocycles. The van der Waals surface area contributed by atoms with Crippen molar-refractivity contribution < 1.29 is 17.6 Å². The Balaban J connectivity index is 1.32. The second-order valence-electron chi connectivity index (χ2n) is 8.51. The first-order chi connectivity index (χ1) is 16.4. The maximum absolute atomic E-state index is 13.0. The molecule has 1 aromatic heterocycles. The standard InChI is InChI=1S/C26H25N3O4S/c1-18-7-4-5-16-29(18)34(31,32)22-14-12-19(13-15-22)25(30)27-21-9-6-8-20(17-21)26-28-23-10-2-3-11-24(23)33-26/h2-3,6,8-15,17-18H,4-5,7,16H2,1H3,(H,27,30)/t18-/m1/s1. The first-order valence-corrected chi connectivity index (χ1v) is 12.7. The van der Waals surface area contributed by atoms with Crippen LogP contribution in [-0.2, 0) is 10.0 Å². The molecule has 1 fully saturated rings. The number of amides is 1. The number of carbonyl (C=O) groups is 1. The van der Waals surface area contributed by atoms with Crippen molar-refractivity contribution in [1.29, 1.82) is 0 Å². The van der Waals surface area contributed by atoms with Crippen LogP contribution in [0.5, 0.6) is 0 Å². The van der Waals surface area contributed by atoms with Gasteiger partial charge in [0.2, 0.25) is 15.9 Å². The molecule has 34 heavy (non-hydrogen) atoms. The highest BCUT2D eigenvalue weighted by Crippen LogP contribution is 2.27. The molecule has 1 aliphatic rings. The van der Waals surface area contributed by atoms with E-state index in [-0.39, 0.29) is 16.8 Å². The predicted molar refractivity (Wildman–Crippen MR) is 131 cm³/mol. The van der Waals surface area contributed by atoms with Crippen molar-refractivity contribution in [3.8, 4) is 11.5 Å². The smallest absolute Gasteiger partial charge is 0.255 e. The lowest BCUT2D eigenvalue weighted by atomic mass is 10.1. The number of fused-ring (bicyclic) bond motifs is 1. The minimum atomic E-state index is -3.58. The zero-order valence-electron chi connectivity index (χ0n) is 18.8. The van der Waals surface area contributed by atoms with Crippen molar-refractivity contribution in [2.24, 2.45) is 0 Å². The van der Waals surface area contributed by atoms with Crippen molar-refractivity contribution in [3.63, 3.8) is 0 Å². The lowest BCUT2D eigenvalue weighted by molar-refractivity contribution is 0.102. The van der Waals surface area contributed by atoms with Crippen molar-refractivity contribution in [3.05, 3.63) is 78.4 Å². The lowest BCUT2D eigenvalue weighted by Crippen LogP contribution is -2.41. The Morgan fingerprint density at radius 3 is 2.59 bits per heavy atom. The third-order valence-corrected chi connectivity index (χ3v) is 8.15. The molecule has 3 aromatic carbocycles. The molecule has 0 bridgehead atoms. The topological polar surface area (TPSA) is 92.5 Å². The number of piperidine rings is 1. The van der Waals surface area contributed by atoms with E-state index < -0.39 is 10.0 Å². The zero-order valence-corrected chi connectivity index (χ0v) is 19.6. The number of carbonyl (C=O) groups excluding carboxylic acids is 1. The molecule has 0 spiro atoms. The number of nitrogens with zero attached hydrogens (tertiary/aromatic N) is 2. The van der Waals surface area contributed by atoms with Crippen LogP contribution in [0.1, 0.15) is 36.5 Å². The summed E-state index contributed by atoms with van der Waals surface area (Å²) in [6, 6.07) is 20.8. The minimum Gasteiger partial charge on any atom is -0.436 e. The highest BCUT2D eigenvalue weighted by molar-refractivity contribution is 7.89. The first-order valence-electron chi connectivity index (χ1n) is 11.3. The summed E-state index contributed by atoms with van der Waals surface area (Å²) >= 11 is 0. The van der Waals surface area contributed by atoms with Crippen molar-refractivity contribution >= 4 is 32.7 Å². The predicted octanol–water partition coefficient (Wildman–Crippen LogP) is 5.31. The van der Waals surface area contributed by atoms with Crippen LogP contribution in [-0.4, -0.2) is 36.2 Å². The average molecular weight is 476 g/mol. The Morgan fingerprint density at radius 2 is 1.82 bits per heavy atom. The van der Waals surface area contributed by atoms with Gasteiger partial charge in [-0.05, 0) is 74.4 Å². The number of hydrogen-bond acceptors (Lipinski definition) is 5. The van der Waals surface area contributed by atoms with E-state index in [0.717, 1.165) is 30.3 Å². The van der Waals surface area contributed by atoms with Crippen LogP contribution in [0.25, 0.3) is 22.6 Å². The van der Waals surface area contributed by atoms with Gasteiger partial charge in [0.05, 0.1) is 4.90 Å². The van der Waals surface area contributed by atoms with Crippen LogP contribution in [0.15, 0.2) is 82.1 Å². The summed E-state index contributed by atoms with van der Waals surface area (Å²) in [6.07, 6.45) is 2.77. The number of benzene rings is 3. The van der Waals surface area contributed by atoms with Crippen molar-refractivity contribution in [1.82, 2.24) is 9.29 Å². The molecule has 2 heterocycles. The fourth-order valence-corrected chi connectivity index (χ4v) is 5.97. The van der Waals surface area contributed by atoms with Gasteiger partial charge in [0.1, 0.15) is 5.52 Å². The number of oxazole rings is 1. The second kappa shape index (κ2) is 9.04. The highest BCUT2D eigenvalue weighted by atomic mass is 32.2. The summed E-state index contributed by atoms with van der Waals surface area (Å²) in [7, 11) is -3.58. The Labute approximate surface area is 198 Å². The largest absolute Gasteiger partial charge is 0.436 e. The Morgan fingerprint density at radius 1 is 1.03 bits per heavy atom. The maximum Gasteiger partial charge on any atom is 0.255 e. The van der Waals surface area contributed by atoms with E-state index in [9.17, 15) is 13.2 Å². The summed E-state index contributed by atoms with van der Waals surface area (Å²) < 4.78 is 33.4. The number of anilines is 1. The molecule has 0 unspecified atom stereocenters. The second-order valence-corrected chi connectivity index (χ2v) is 10.4. The Hall–Kier alpha value is -3.49. The molecule has 0 radical (unpaired) electrons. The van der Waals surface area contributed by atoms with Crippen LogP contribution in [0.4, 0.5) is 5.69 Å². The van der Waals surface area contributed by atoms with Crippen LogP contribution < -0.4 is 5.32 Å². The van der Waals surface area contributed by atoms with Crippen LogP contribution in [0, 0.1) is 0 Å². The third-order valence-electron chi connectivity index (χ3n) is 6.13. The molecule has 1 saturated heterocycles.